The number of nitrogens with one attached hydrogen (secondary N) is 1. The van der Waals surface area contributed by atoms with Crippen molar-refractivity contribution >= 4 is 11.8 Å². The standard InChI is InChI=1S/C17H21F3N2O2/c1-12(13-6-5-7-14(10-13)17(18,19)20)21-15(23)11-22-9-4-2-3-8-16(22)24/h5-7,10,12H,2-4,8-9,11H2,1H3,(H,21,23). The fourth-order valence-electron chi connectivity index (χ4n) is 2.73. The molecule has 1 atom stereocenters. The molecule has 0 aromatic heterocycles. The molecule has 4 nitrogen and oxygen atoms in total. The van der Waals surface area contributed by atoms with Gasteiger partial charge in [0.15, 0.2) is 0 Å². The van der Waals surface area contributed by atoms with Crippen LogP contribution in [-0.2, 0) is 15.8 Å². The van der Waals surface area contributed by atoms with E-state index in [1.165, 1.54) is 17.0 Å². The van der Waals surface area contributed by atoms with E-state index in [1.54, 1.807) is 6.92 Å². The highest BCUT2D eigenvalue weighted by atomic mass is 19.4. The number of carbonyl (C=O) groups is 2. The van der Waals surface area contributed by atoms with Crippen LogP contribution in [0.5, 0.6) is 0 Å². The summed E-state index contributed by atoms with van der Waals surface area (Å²) in [5, 5.41) is 2.66. The van der Waals surface area contributed by atoms with Crippen molar-refractivity contribution in [2.45, 2.75) is 44.8 Å². The van der Waals surface area contributed by atoms with E-state index < -0.39 is 17.8 Å². The molecule has 1 aromatic carbocycles. The number of carbonyl (C=O) groups excluding carboxylic acids is 2. The van der Waals surface area contributed by atoms with E-state index in [4.69, 9.17) is 0 Å². The molecule has 1 unspecified atom stereocenters. The first-order valence-corrected chi connectivity index (χ1v) is 8.01. The van der Waals surface area contributed by atoms with Crippen molar-refractivity contribution in [2.75, 3.05) is 13.1 Å². The summed E-state index contributed by atoms with van der Waals surface area (Å²) in [4.78, 5) is 25.5. The molecule has 2 rings (SSSR count). The topological polar surface area (TPSA) is 49.4 Å². The Bertz CT molecular complexity index is 602. The lowest BCUT2D eigenvalue weighted by Gasteiger charge is -2.22. The van der Waals surface area contributed by atoms with Gasteiger partial charge < -0.3 is 10.2 Å². The predicted molar refractivity (Wildman–Crippen MR) is 83.0 cm³/mol. The molecule has 2 amide bonds. The first-order valence-electron chi connectivity index (χ1n) is 8.01. The van der Waals surface area contributed by atoms with Crippen LogP contribution in [0, 0.1) is 0 Å². The van der Waals surface area contributed by atoms with Gasteiger partial charge in [-0.3, -0.25) is 9.59 Å². The third kappa shape index (κ3) is 4.97. The van der Waals surface area contributed by atoms with E-state index in [1.807, 2.05) is 0 Å². The van der Waals surface area contributed by atoms with Gasteiger partial charge in [0.2, 0.25) is 11.8 Å². The van der Waals surface area contributed by atoms with Crippen molar-refractivity contribution in [1.82, 2.24) is 10.2 Å². The summed E-state index contributed by atoms with van der Waals surface area (Å²) in [6.45, 7) is 2.12. The number of amides is 2. The molecule has 0 radical (unpaired) electrons. The molecule has 0 bridgehead atoms. The number of rotatable bonds is 4. The van der Waals surface area contributed by atoms with E-state index >= 15 is 0 Å². The number of hydrogen-bond donors (Lipinski definition) is 1. The Kier molecular flexibility index (Phi) is 5.85. The smallest absolute Gasteiger partial charge is 0.348 e. The third-order valence-electron chi connectivity index (χ3n) is 4.10. The minimum absolute atomic E-state index is 0.0469. The van der Waals surface area contributed by atoms with Crippen LogP contribution in [-0.4, -0.2) is 29.8 Å². The number of benzene rings is 1. The monoisotopic (exact) mass is 342 g/mol. The van der Waals surface area contributed by atoms with E-state index in [0.29, 0.717) is 18.5 Å². The molecule has 1 aliphatic rings. The summed E-state index contributed by atoms with van der Waals surface area (Å²) in [5.41, 5.74) is -0.371. The van der Waals surface area contributed by atoms with Gasteiger partial charge in [0.05, 0.1) is 18.2 Å². The van der Waals surface area contributed by atoms with Crippen LogP contribution in [0.1, 0.15) is 49.8 Å². The number of hydrogen-bond acceptors (Lipinski definition) is 2. The average molecular weight is 342 g/mol. The maximum Gasteiger partial charge on any atom is 0.416 e. The van der Waals surface area contributed by atoms with Crippen LogP contribution in [0.3, 0.4) is 0 Å². The van der Waals surface area contributed by atoms with Crippen molar-refractivity contribution in [3.8, 4) is 0 Å². The molecule has 24 heavy (non-hydrogen) atoms. The molecule has 1 heterocycles. The second-order valence-corrected chi connectivity index (χ2v) is 6.04. The summed E-state index contributed by atoms with van der Waals surface area (Å²) in [6.07, 6.45) is -1.32. The molecule has 132 valence electrons. The zero-order valence-corrected chi connectivity index (χ0v) is 13.5. The van der Waals surface area contributed by atoms with Gasteiger partial charge in [0, 0.05) is 13.0 Å². The summed E-state index contributed by atoms with van der Waals surface area (Å²) >= 11 is 0. The molecule has 0 spiro atoms. The second kappa shape index (κ2) is 7.68. The Morgan fingerprint density at radius 3 is 2.75 bits per heavy atom. The molecular formula is C17H21F3N2O2. The molecule has 1 aliphatic heterocycles. The van der Waals surface area contributed by atoms with Crippen LogP contribution in [0.25, 0.3) is 0 Å². The van der Waals surface area contributed by atoms with Gasteiger partial charge in [-0.25, -0.2) is 0 Å². The molecular weight excluding hydrogens is 321 g/mol. The minimum atomic E-state index is -4.42. The predicted octanol–water partition coefficient (Wildman–Crippen LogP) is 3.29. The molecule has 1 N–H and O–H groups in total. The number of likely N-dealkylation sites (tertiary alicyclic amines) is 1. The Labute approximate surface area is 139 Å². The Morgan fingerprint density at radius 1 is 1.29 bits per heavy atom. The minimum Gasteiger partial charge on any atom is -0.348 e. The van der Waals surface area contributed by atoms with Gasteiger partial charge >= 0.3 is 6.18 Å². The highest BCUT2D eigenvalue weighted by Crippen LogP contribution is 2.30. The lowest BCUT2D eigenvalue weighted by atomic mass is 10.0. The highest BCUT2D eigenvalue weighted by molar-refractivity contribution is 5.85. The molecule has 1 aromatic rings. The molecule has 7 heteroatoms. The van der Waals surface area contributed by atoms with Gasteiger partial charge in [-0.05, 0) is 37.5 Å². The van der Waals surface area contributed by atoms with Gasteiger partial charge in [0.25, 0.3) is 0 Å². The Morgan fingerprint density at radius 2 is 2.04 bits per heavy atom. The zero-order valence-electron chi connectivity index (χ0n) is 13.5. The summed E-state index contributed by atoms with van der Waals surface area (Å²) in [6, 6.07) is 4.31. The molecule has 0 aliphatic carbocycles. The van der Waals surface area contributed by atoms with Crippen LogP contribution < -0.4 is 5.32 Å². The number of alkyl halides is 3. The first kappa shape index (κ1) is 18.3. The second-order valence-electron chi connectivity index (χ2n) is 6.04. The van der Waals surface area contributed by atoms with Gasteiger partial charge in [0.1, 0.15) is 0 Å². The Balaban J connectivity index is 1.97. The van der Waals surface area contributed by atoms with Crippen molar-refractivity contribution in [3.05, 3.63) is 35.4 Å². The van der Waals surface area contributed by atoms with Crippen LogP contribution >= 0.6 is 0 Å². The summed E-state index contributed by atoms with van der Waals surface area (Å²) in [5.74, 6) is -0.412. The lowest BCUT2D eigenvalue weighted by molar-refractivity contribution is -0.137. The summed E-state index contributed by atoms with van der Waals surface area (Å²) < 4.78 is 38.3. The SMILES string of the molecule is CC(NC(=O)CN1CCCCCC1=O)c1cccc(C(F)(F)F)c1. The van der Waals surface area contributed by atoms with E-state index in [-0.39, 0.29) is 18.4 Å². The van der Waals surface area contributed by atoms with Crippen LogP contribution in [0.2, 0.25) is 0 Å². The largest absolute Gasteiger partial charge is 0.416 e. The van der Waals surface area contributed by atoms with Crippen molar-refractivity contribution in [3.63, 3.8) is 0 Å². The van der Waals surface area contributed by atoms with Crippen molar-refractivity contribution < 1.29 is 22.8 Å². The van der Waals surface area contributed by atoms with E-state index in [9.17, 15) is 22.8 Å². The number of halogens is 3. The Hall–Kier alpha value is -2.05. The average Bonchev–Trinajstić information content (AvgIpc) is 2.71. The fourth-order valence-corrected chi connectivity index (χ4v) is 2.73. The molecule has 0 saturated carbocycles. The lowest BCUT2D eigenvalue weighted by Crippen LogP contribution is -2.41. The van der Waals surface area contributed by atoms with Gasteiger partial charge in [-0.15, -0.1) is 0 Å². The quantitative estimate of drug-likeness (QED) is 0.913. The molecule has 1 saturated heterocycles. The normalized spacial score (nSPS) is 17.3. The van der Waals surface area contributed by atoms with E-state index in [0.717, 1.165) is 31.4 Å². The van der Waals surface area contributed by atoms with Crippen molar-refractivity contribution in [2.24, 2.45) is 0 Å². The summed E-state index contributed by atoms with van der Waals surface area (Å²) in [7, 11) is 0. The molecule has 1 fully saturated rings. The van der Waals surface area contributed by atoms with Crippen LogP contribution in [0.4, 0.5) is 13.2 Å². The maximum atomic E-state index is 12.8. The van der Waals surface area contributed by atoms with Gasteiger partial charge in [-0.2, -0.15) is 13.2 Å². The van der Waals surface area contributed by atoms with Crippen LogP contribution in [0.15, 0.2) is 24.3 Å². The zero-order chi connectivity index (χ0) is 17.7. The fraction of sp³-hybridized carbons (Fsp3) is 0.529. The third-order valence-corrected chi connectivity index (χ3v) is 4.10. The van der Waals surface area contributed by atoms with Gasteiger partial charge in [-0.1, -0.05) is 18.6 Å². The van der Waals surface area contributed by atoms with Crippen molar-refractivity contribution in [1.29, 1.82) is 0 Å². The first-order chi connectivity index (χ1) is 11.3. The number of nitrogens with zero attached hydrogens (tertiary/aromatic N) is 1. The maximum absolute atomic E-state index is 12.8. The van der Waals surface area contributed by atoms with E-state index in [2.05, 4.69) is 5.32 Å². The highest BCUT2D eigenvalue weighted by Gasteiger charge is 2.30.